The standard InChI is InChI=1S/C17H20N2O5/c1-11-2-3-13-14(8-11)24-16(21)10-19(13)9-15(20)18-6-4-12(5-7-18)17(22)23/h2-3,8,12H,4-7,9-10H2,1H3,(H,22,23). The van der Waals surface area contributed by atoms with Crippen LogP contribution in [0.3, 0.4) is 0 Å². The number of hydrogen-bond acceptors (Lipinski definition) is 5. The number of aliphatic carboxylic acids is 1. The number of carbonyl (C=O) groups is 3. The van der Waals surface area contributed by atoms with Gasteiger partial charge in [0.2, 0.25) is 5.91 Å². The number of nitrogens with zero attached hydrogens (tertiary/aromatic N) is 2. The van der Waals surface area contributed by atoms with E-state index in [0.717, 1.165) is 11.3 Å². The molecule has 0 aromatic heterocycles. The number of likely N-dealkylation sites (tertiary alicyclic amines) is 1. The number of hydrogen-bond donors (Lipinski definition) is 1. The molecule has 0 radical (unpaired) electrons. The van der Waals surface area contributed by atoms with Crippen LogP contribution in [0, 0.1) is 12.8 Å². The number of amides is 1. The Balaban J connectivity index is 1.67. The molecule has 0 atom stereocenters. The van der Waals surface area contributed by atoms with Crippen molar-refractivity contribution in [2.24, 2.45) is 5.92 Å². The van der Waals surface area contributed by atoms with E-state index in [1.54, 1.807) is 15.9 Å². The number of carboxylic acids is 1. The summed E-state index contributed by atoms with van der Waals surface area (Å²) in [6.45, 7) is 2.91. The van der Waals surface area contributed by atoms with Crippen molar-refractivity contribution in [3.05, 3.63) is 23.8 Å². The number of piperidine rings is 1. The van der Waals surface area contributed by atoms with Crippen molar-refractivity contribution in [3.8, 4) is 5.75 Å². The first-order valence-electron chi connectivity index (χ1n) is 8.01. The summed E-state index contributed by atoms with van der Waals surface area (Å²) in [7, 11) is 0. The van der Waals surface area contributed by atoms with Gasteiger partial charge >= 0.3 is 11.9 Å². The Kier molecular flexibility index (Phi) is 4.42. The van der Waals surface area contributed by atoms with Crippen LogP contribution in [0.1, 0.15) is 18.4 Å². The molecule has 0 unspecified atom stereocenters. The predicted octanol–water partition coefficient (Wildman–Crippen LogP) is 1.04. The van der Waals surface area contributed by atoms with Crippen LogP contribution in [0.5, 0.6) is 5.75 Å². The molecule has 0 saturated carbocycles. The SMILES string of the molecule is Cc1ccc2c(c1)OC(=O)CN2CC(=O)N1CCC(C(=O)O)CC1. The van der Waals surface area contributed by atoms with Gasteiger partial charge in [0, 0.05) is 13.1 Å². The summed E-state index contributed by atoms with van der Waals surface area (Å²) in [5.74, 6) is -1.18. The van der Waals surface area contributed by atoms with Gasteiger partial charge in [0.05, 0.1) is 18.2 Å². The molecule has 0 bridgehead atoms. The van der Waals surface area contributed by atoms with Gasteiger partial charge in [0.1, 0.15) is 6.54 Å². The highest BCUT2D eigenvalue weighted by Gasteiger charge is 2.30. The van der Waals surface area contributed by atoms with Crippen LogP contribution in [0.25, 0.3) is 0 Å². The average molecular weight is 332 g/mol. The van der Waals surface area contributed by atoms with Gasteiger partial charge in [-0.15, -0.1) is 0 Å². The van der Waals surface area contributed by atoms with Crippen molar-refractivity contribution in [2.75, 3.05) is 31.1 Å². The predicted molar refractivity (Wildman–Crippen MR) is 86.0 cm³/mol. The van der Waals surface area contributed by atoms with Gasteiger partial charge in [-0.2, -0.15) is 0 Å². The van der Waals surface area contributed by atoms with Gasteiger partial charge in [-0.1, -0.05) is 6.07 Å². The minimum Gasteiger partial charge on any atom is -0.481 e. The second-order valence-electron chi connectivity index (χ2n) is 6.29. The van der Waals surface area contributed by atoms with Gasteiger partial charge in [-0.3, -0.25) is 9.59 Å². The first kappa shape index (κ1) is 16.3. The topological polar surface area (TPSA) is 87.2 Å². The zero-order valence-electron chi connectivity index (χ0n) is 13.5. The number of benzene rings is 1. The second-order valence-corrected chi connectivity index (χ2v) is 6.29. The number of anilines is 1. The molecule has 0 aliphatic carbocycles. The van der Waals surface area contributed by atoms with Crippen LogP contribution in [-0.2, 0) is 14.4 Å². The number of carboxylic acid groups (broad SMARTS) is 1. The molecule has 1 saturated heterocycles. The van der Waals surface area contributed by atoms with Gasteiger partial charge in [0.25, 0.3) is 0 Å². The fourth-order valence-electron chi connectivity index (χ4n) is 3.14. The molecular formula is C17H20N2O5. The third-order valence-corrected chi connectivity index (χ3v) is 4.52. The Morgan fingerprint density at radius 2 is 2.00 bits per heavy atom. The Bertz CT molecular complexity index is 680. The van der Waals surface area contributed by atoms with Crippen LogP contribution in [0.2, 0.25) is 0 Å². The van der Waals surface area contributed by atoms with Crippen LogP contribution in [0.15, 0.2) is 18.2 Å². The lowest BCUT2D eigenvalue weighted by atomic mass is 9.97. The molecule has 7 heteroatoms. The normalized spacial score (nSPS) is 18.1. The molecule has 1 amide bonds. The Hall–Kier alpha value is -2.57. The number of ether oxygens (including phenoxy) is 1. The van der Waals surface area contributed by atoms with Gasteiger partial charge in [-0.25, -0.2) is 4.79 Å². The number of esters is 1. The zero-order chi connectivity index (χ0) is 17.3. The van der Waals surface area contributed by atoms with Crippen LogP contribution >= 0.6 is 0 Å². The van der Waals surface area contributed by atoms with Gasteiger partial charge in [0.15, 0.2) is 5.75 Å². The Labute approximate surface area is 139 Å². The van der Waals surface area contributed by atoms with E-state index in [0.29, 0.717) is 31.7 Å². The highest BCUT2D eigenvalue weighted by Crippen LogP contribution is 2.32. The molecule has 128 valence electrons. The summed E-state index contributed by atoms with van der Waals surface area (Å²) < 4.78 is 5.24. The molecule has 1 fully saturated rings. The minimum atomic E-state index is -0.801. The van der Waals surface area contributed by atoms with Crippen molar-refractivity contribution < 1.29 is 24.2 Å². The number of fused-ring (bicyclic) bond motifs is 1. The van der Waals surface area contributed by atoms with Crippen molar-refractivity contribution in [2.45, 2.75) is 19.8 Å². The van der Waals surface area contributed by atoms with E-state index >= 15 is 0 Å². The summed E-state index contributed by atoms with van der Waals surface area (Å²) in [6, 6.07) is 5.54. The van der Waals surface area contributed by atoms with Crippen LogP contribution in [-0.4, -0.2) is 54.0 Å². The molecule has 2 aliphatic rings. The molecule has 1 aromatic rings. The molecular weight excluding hydrogens is 312 g/mol. The van der Waals surface area contributed by atoms with E-state index in [2.05, 4.69) is 0 Å². The van der Waals surface area contributed by atoms with E-state index in [1.807, 2.05) is 19.1 Å². The maximum absolute atomic E-state index is 12.5. The third-order valence-electron chi connectivity index (χ3n) is 4.52. The molecule has 2 aliphatic heterocycles. The van der Waals surface area contributed by atoms with E-state index < -0.39 is 5.97 Å². The molecule has 1 N–H and O–H groups in total. The van der Waals surface area contributed by atoms with Crippen LogP contribution in [0.4, 0.5) is 5.69 Å². The van der Waals surface area contributed by atoms with E-state index in [-0.39, 0.29) is 30.9 Å². The quantitative estimate of drug-likeness (QED) is 0.657. The van der Waals surface area contributed by atoms with Crippen LogP contribution < -0.4 is 9.64 Å². The summed E-state index contributed by atoms with van der Waals surface area (Å²) in [5.41, 5.74) is 1.71. The zero-order valence-corrected chi connectivity index (χ0v) is 13.5. The highest BCUT2D eigenvalue weighted by atomic mass is 16.5. The fraction of sp³-hybridized carbons (Fsp3) is 0.471. The number of aryl methyl sites for hydroxylation is 1. The molecule has 1 aromatic carbocycles. The summed E-state index contributed by atoms with van der Waals surface area (Å²) in [6.07, 6.45) is 0.942. The first-order chi connectivity index (χ1) is 11.4. The third kappa shape index (κ3) is 3.34. The maximum atomic E-state index is 12.5. The summed E-state index contributed by atoms with van der Waals surface area (Å²) in [5, 5.41) is 9.02. The maximum Gasteiger partial charge on any atom is 0.331 e. The van der Waals surface area contributed by atoms with Gasteiger partial charge < -0.3 is 19.6 Å². The first-order valence-corrected chi connectivity index (χ1v) is 8.01. The highest BCUT2D eigenvalue weighted by molar-refractivity contribution is 5.89. The smallest absolute Gasteiger partial charge is 0.331 e. The van der Waals surface area contributed by atoms with Crippen molar-refractivity contribution in [1.29, 1.82) is 0 Å². The van der Waals surface area contributed by atoms with E-state index in [1.165, 1.54) is 0 Å². The minimum absolute atomic E-state index is 0.0351. The van der Waals surface area contributed by atoms with Crippen molar-refractivity contribution in [1.82, 2.24) is 4.90 Å². The number of rotatable bonds is 3. The number of carbonyl (C=O) groups excluding carboxylic acids is 2. The second kappa shape index (κ2) is 6.51. The lowest BCUT2D eigenvalue weighted by Crippen LogP contribution is -2.47. The fourth-order valence-corrected chi connectivity index (χ4v) is 3.14. The summed E-state index contributed by atoms with van der Waals surface area (Å²) in [4.78, 5) is 38.7. The van der Waals surface area contributed by atoms with E-state index in [4.69, 9.17) is 9.84 Å². The largest absolute Gasteiger partial charge is 0.481 e. The Morgan fingerprint density at radius 3 is 2.67 bits per heavy atom. The average Bonchev–Trinajstić information content (AvgIpc) is 2.54. The lowest BCUT2D eigenvalue weighted by molar-refractivity contribution is -0.145. The monoisotopic (exact) mass is 332 g/mol. The molecule has 24 heavy (non-hydrogen) atoms. The lowest BCUT2D eigenvalue weighted by Gasteiger charge is -2.34. The molecule has 2 heterocycles. The van der Waals surface area contributed by atoms with Gasteiger partial charge in [-0.05, 0) is 37.5 Å². The molecule has 3 rings (SSSR count). The summed E-state index contributed by atoms with van der Waals surface area (Å²) >= 11 is 0. The van der Waals surface area contributed by atoms with E-state index in [9.17, 15) is 14.4 Å². The molecule has 7 nitrogen and oxygen atoms in total. The van der Waals surface area contributed by atoms with Crippen molar-refractivity contribution >= 4 is 23.5 Å². The Morgan fingerprint density at radius 1 is 1.29 bits per heavy atom. The molecule has 0 spiro atoms. The van der Waals surface area contributed by atoms with Crippen molar-refractivity contribution in [3.63, 3.8) is 0 Å².